The molecule has 5 nitrogen and oxygen atoms in total. The van der Waals surface area contributed by atoms with Gasteiger partial charge in [0.05, 0.1) is 17.4 Å². The van der Waals surface area contributed by atoms with Crippen LogP contribution in [0.4, 0.5) is 5.69 Å². The molecule has 1 unspecified atom stereocenters. The van der Waals surface area contributed by atoms with Crippen LogP contribution in [0.3, 0.4) is 0 Å². The van der Waals surface area contributed by atoms with Crippen molar-refractivity contribution in [3.05, 3.63) is 46.2 Å². The number of amides is 1. The minimum atomic E-state index is -3.62. The lowest BCUT2D eigenvalue weighted by atomic mass is 10.2. The maximum atomic E-state index is 12.5. The van der Waals surface area contributed by atoms with Gasteiger partial charge in [-0.1, -0.05) is 6.07 Å². The highest BCUT2D eigenvalue weighted by atomic mass is 32.2. The first-order chi connectivity index (χ1) is 10.4. The summed E-state index contributed by atoms with van der Waals surface area (Å²) in [5.41, 5.74) is 1.52. The molecule has 0 aliphatic carbocycles. The molecule has 1 amide bonds. The maximum absolute atomic E-state index is 12.5. The standard InChI is InChI=1S/C15H16N2O3S2/c1-10(14-4-3-7-21-14)16-22(19,20)12-5-6-13-11(8-12)9-15(18)17(13)2/h3-8,10,16H,9H2,1-2H3. The lowest BCUT2D eigenvalue weighted by Gasteiger charge is -2.14. The number of likely N-dealkylation sites (N-methyl/N-ethyl adjacent to an activating group) is 1. The molecule has 0 saturated heterocycles. The number of benzene rings is 1. The average molecular weight is 336 g/mol. The molecule has 0 spiro atoms. The topological polar surface area (TPSA) is 66.5 Å². The molecular weight excluding hydrogens is 320 g/mol. The summed E-state index contributed by atoms with van der Waals surface area (Å²) in [6, 6.07) is 8.31. The van der Waals surface area contributed by atoms with E-state index in [2.05, 4.69) is 4.72 Å². The molecule has 22 heavy (non-hydrogen) atoms. The van der Waals surface area contributed by atoms with Crippen LogP contribution in [0, 0.1) is 0 Å². The number of thiophene rings is 1. The number of hydrogen-bond donors (Lipinski definition) is 1. The summed E-state index contributed by atoms with van der Waals surface area (Å²) >= 11 is 1.51. The Hall–Kier alpha value is -1.70. The first-order valence-electron chi connectivity index (χ1n) is 6.84. The van der Waals surface area contributed by atoms with E-state index in [9.17, 15) is 13.2 Å². The zero-order chi connectivity index (χ0) is 15.9. The molecule has 1 aromatic heterocycles. The second-order valence-corrected chi connectivity index (χ2v) is 7.97. The zero-order valence-corrected chi connectivity index (χ0v) is 13.9. The van der Waals surface area contributed by atoms with E-state index < -0.39 is 10.0 Å². The fourth-order valence-corrected chi connectivity index (χ4v) is 4.59. The van der Waals surface area contributed by atoms with Crippen molar-refractivity contribution in [2.75, 3.05) is 11.9 Å². The van der Waals surface area contributed by atoms with Gasteiger partial charge in [0.25, 0.3) is 0 Å². The van der Waals surface area contributed by atoms with Crippen molar-refractivity contribution < 1.29 is 13.2 Å². The minimum Gasteiger partial charge on any atom is -0.315 e. The highest BCUT2D eigenvalue weighted by Crippen LogP contribution is 2.30. The third-order valence-electron chi connectivity index (χ3n) is 3.74. The van der Waals surface area contributed by atoms with Crippen LogP contribution >= 0.6 is 11.3 Å². The van der Waals surface area contributed by atoms with Crippen LogP contribution in [-0.2, 0) is 21.2 Å². The highest BCUT2D eigenvalue weighted by Gasteiger charge is 2.27. The summed E-state index contributed by atoms with van der Waals surface area (Å²) in [5, 5.41) is 1.91. The smallest absolute Gasteiger partial charge is 0.241 e. The number of carbonyl (C=O) groups is 1. The predicted octanol–water partition coefficient (Wildman–Crippen LogP) is 2.31. The molecule has 3 rings (SSSR count). The van der Waals surface area contributed by atoms with Crippen molar-refractivity contribution in [3.8, 4) is 0 Å². The fraction of sp³-hybridized carbons (Fsp3) is 0.267. The van der Waals surface area contributed by atoms with Crippen molar-refractivity contribution in [1.82, 2.24) is 4.72 Å². The fourth-order valence-electron chi connectivity index (χ4n) is 2.51. The van der Waals surface area contributed by atoms with Gasteiger partial charge in [-0.3, -0.25) is 4.79 Å². The molecule has 1 atom stereocenters. The zero-order valence-electron chi connectivity index (χ0n) is 12.2. The van der Waals surface area contributed by atoms with Crippen molar-refractivity contribution in [1.29, 1.82) is 0 Å². The molecule has 1 aromatic carbocycles. The van der Waals surface area contributed by atoms with E-state index in [1.165, 1.54) is 17.4 Å². The lowest BCUT2D eigenvalue weighted by molar-refractivity contribution is -0.117. The molecule has 0 bridgehead atoms. The lowest BCUT2D eigenvalue weighted by Crippen LogP contribution is -2.26. The van der Waals surface area contributed by atoms with E-state index in [1.807, 2.05) is 24.4 Å². The number of carbonyl (C=O) groups excluding carboxylic acids is 1. The third kappa shape index (κ3) is 2.67. The summed E-state index contributed by atoms with van der Waals surface area (Å²) in [7, 11) is -1.92. The molecule has 1 N–H and O–H groups in total. The Balaban J connectivity index is 1.88. The van der Waals surface area contributed by atoms with Gasteiger partial charge in [-0.05, 0) is 42.1 Å². The molecule has 116 valence electrons. The van der Waals surface area contributed by atoms with E-state index in [4.69, 9.17) is 0 Å². The van der Waals surface area contributed by atoms with Gasteiger partial charge in [0.2, 0.25) is 15.9 Å². The number of sulfonamides is 1. The van der Waals surface area contributed by atoms with Gasteiger partial charge in [0, 0.05) is 17.6 Å². The number of hydrogen-bond acceptors (Lipinski definition) is 4. The first kappa shape index (κ1) is 15.2. The quantitative estimate of drug-likeness (QED) is 0.932. The predicted molar refractivity (Wildman–Crippen MR) is 86.6 cm³/mol. The number of nitrogens with one attached hydrogen (secondary N) is 1. The number of rotatable bonds is 4. The summed E-state index contributed by atoms with van der Waals surface area (Å²) in [6.07, 6.45) is 0.246. The Labute approximate surface area is 133 Å². The SMILES string of the molecule is CC(NS(=O)(=O)c1ccc2c(c1)CC(=O)N2C)c1cccs1. The molecule has 2 aromatic rings. The maximum Gasteiger partial charge on any atom is 0.241 e. The van der Waals surface area contributed by atoms with Crippen LogP contribution in [0.2, 0.25) is 0 Å². The van der Waals surface area contributed by atoms with Crippen LogP contribution in [0.5, 0.6) is 0 Å². The largest absolute Gasteiger partial charge is 0.315 e. The van der Waals surface area contributed by atoms with Crippen LogP contribution in [0.25, 0.3) is 0 Å². The Morgan fingerprint density at radius 3 is 2.77 bits per heavy atom. The molecule has 7 heteroatoms. The Morgan fingerprint density at radius 1 is 1.32 bits per heavy atom. The molecule has 0 fully saturated rings. The second kappa shape index (κ2) is 5.49. The second-order valence-electron chi connectivity index (χ2n) is 5.28. The van der Waals surface area contributed by atoms with Crippen LogP contribution < -0.4 is 9.62 Å². The normalized spacial score (nSPS) is 15.9. The van der Waals surface area contributed by atoms with Gasteiger partial charge in [-0.25, -0.2) is 13.1 Å². The molecule has 2 heterocycles. The van der Waals surface area contributed by atoms with E-state index in [-0.39, 0.29) is 23.3 Å². The molecule has 1 aliphatic heterocycles. The molecule has 1 aliphatic rings. The number of fused-ring (bicyclic) bond motifs is 1. The van der Waals surface area contributed by atoms with Gasteiger partial charge >= 0.3 is 0 Å². The average Bonchev–Trinajstić information content (AvgIpc) is 3.08. The summed E-state index contributed by atoms with van der Waals surface area (Å²) < 4.78 is 27.7. The van der Waals surface area contributed by atoms with Crippen molar-refractivity contribution in [2.24, 2.45) is 0 Å². The third-order valence-corrected chi connectivity index (χ3v) is 6.33. The minimum absolute atomic E-state index is 0.0236. The van der Waals surface area contributed by atoms with E-state index >= 15 is 0 Å². The van der Waals surface area contributed by atoms with Gasteiger partial charge in [-0.15, -0.1) is 11.3 Å². The molecule has 0 saturated carbocycles. The van der Waals surface area contributed by atoms with Gasteiger partial charge in [-0.2, -0.15) is 0 Å². The van der Waals surface area contributed by atoms with Crippen molar-refractivity contribution in [3.63, 3.8) is 0 Å². The van der Waals surface area contributed by atoms with Crippen LogP contribution in [0.15, 0.2) is 40.6 Å². The molecular formula is C15H16N2O3S2. The number of nitrogens with zero attached hydrogens (tertiary/aromatic N) is 1. The van der Waals surface area contributed by atoms with Crippen LogP contribution in [-0.4, -0.2) is 21.4 Å². The summed E-state index contributed by atoms with van der Waals surface area (Å²) in [4.78, 5) is 14.4. The number of anilines is 1. The monoisotopic (exact) mass is 336 g/mol. The Morgan fingerprint density at radius 2 is 2.09 bits per heavy atom. The van der Waals surface area contributed by atoms with Crippen LogP contribution in [0.1, 0.15) is 23.4 Å². The van der Waals surface area contributed by atoms with Gasteiger partial charge in [0.1, 0.15) is 0 Å². The van der Waals surface area contributed by atoms with Crippen molar-refractivity contribution in [2.45, 2.75) is 24.3 Å². The van der Waals surface area contributed by atoms with Crippen molar-refractivity contribution >= 4 is 33.0 Å². The first-order valence-corrected chi connectivity index (χ1v) is 9.20. The van der Waals surface area contributed by atoms with E-state index in [0.717, 1.165) is 16.1 Å². The van der Waals surface area contributed by atoms with E-state index in [1.54, 1.807) is 24.1 Å². The van der Waals surface area contributed by atoms with Gasteiger partial charge in [0.15, 0.2) is 0 Å². The highest BCUT2D eigenvalue weighted by molar-refractivity contribution is 7.89. The Bertz CT molecular complexity index is 813. The van der Waals surface area contributed by atoms with E-state index in [0.29, 0.717) is 0 Å². The molecule has 0 radical (unpaired) electrons. The van der Waals surface area contributed by atoms with Gasteiger partial charge < -0.3 is 4.90 Å². The summed E-state index contributed by atoms with van der Waals surface area (Å²) in [5.74, 6) is -0.0236. The summed E-state index contributed by atoms with van der Waals surface area (Å²) in [6.45, 7) is 1.81. The Kier molecular flexibility index (Phi) is 3.80.